The summed E-state index contributed by atoms with van der Waals surface area (Å²) in [5, 5.41) is 2.22. The van der Waals surface area contributed by atoms with E-state index < -0.39 is 0 Å². The molecule has 0 atom stereocenters. The van der Waals surface area contributed by atoms with E-state index in [2.05, 4.69) is 127 Å². The molecule has 0 N–H and O–H groups in total. The van der Waals surface area contributed by atoms with Gasteiger partial charge in [-0.25, -0.2) is 9.97 Å². The molecule has 49 heavy (non-hydrogen) atoms. The Morgan fingerprint density at radius 1 is 0.347 bits per heavy atom. The lowest BCUT2D eigenvalue weighted by atomic mass is 9.93. The minimum absolute atomic E-state index is 0.708. The molecule has 2 aromatic heterocycles. The molecule has 0 saturated carbocycles. The Bertz CT molecular complexity index is 2500. The Labute approximate surface area is 284 Å². The molecule has 0 aliphatic carbocycles. The fourth-order valence-electron chi connectivity index (χ4n) is 6.66. The molecule has 3 nitrogen and oxygen atoms in total. The van der Waals surface area contributed by atoms with E-state index in [1.165, 1.54) is 11.1 Å². The van der Waals surface area contributed by atoms with E-state index >= 15 is 0 Å². The Balaban J connectivity index is 1.13. The molecule has 0 unspecified atom stereocenters. The Morgan fingerprint density at radius 3 is 1.45 bits per heavy atom. The van der Waals surface area contributed by atoms with Gasteiger partial charge in [-0.05, 0) is 46.0 Å². The third-order valence-electron chi connectivity index (χ3n) is 9.15. The van der Waals surface area contributed by atoms with Crippen molar-refractivity contribution in [3.05, 3.63) is 182 Å². The quantitative estimate of drug-likeness (QED) is 0.184. The number of para-hydroxylation sites is 1. The van der Waals surface area contributed by atoms with Crippen molar-refractivity contribution in [3.63, 3.8) is 0 Å². The number of benzene rings is 7. The molecule has 0 aliphatic rings. The van der Waals surface area contributed by atoms with Crippen LogP contribution in [0.25, 0.3) is 89.2 Å². The molecule has 0 saturated heterocycles. The van der Waals surface area contributed by atoms with Crippen LogP contribution < -0.4 is 0 Å². The van der Waals surface area contributed by atoms with Crippen LogP contribution in [0.15, 0.2) is 186 Å². The topological polar surface area (TPSA) is 38.9 Å². The van der Waals surface area contributed by atoms with Gasteiger partial charge in [-0.3, -0.25) is 0 Å². The first kappa shape index (κ1) is 28.6. The third kappa shape index (κ3) is 5.38. The van der Waals surface area contributed by atoms with Crippen molar-refractivity contribution in [2.24, 2.45) is 0 Å². The summed E-state index contributed by atoms with van der Waals surface area (Å²) in [6, 6.07) is 63.2. The predicted octanol–water partition coefficient (Wildman–Crippen LogP) is 12.4. The molecule has 9 aromatic rings. The second-order valence-corrected chi connectivity index (χ2v) is 12.2. The summed E-state index contributed by atoms with van der Waals surface area (Å²) in [7, 11) is 0. The van der Waals surface area contributed by atoms with Crippen LogP contribution in [0.5, 0.6) is 0 Å². The van der Waals surface area contributed by atoms with Crippen molar-refractivity contribution in [1.29, 1.82) is 0 Å². The van der Waals surface area contributed by atoms with Gasteiger partial charge in [-0.2, -0.15) is 0 Å². The first-order valence-corrected chi connectivity index (χ1v) is 16.5. The number of rotatable bonds is 6. The molecule has 0 fully saturated rings. The van der Waals surface area contributed by atoms with Crippen molar-refractivity contribution in [1.82, 2.24) is 9.97 Å². The molecule has 230 valence electrons. The molecule has 0 spiro atoms. The second kappa shape index (κ2) is 12.2. The molecule has 2 heterocycles. The summed E-state index contributed by atoms with van der Waals surface area (Å²) in [4.78, 5) is 9.98. The zero-order valence-electron chi connectivity index (χ0n) is 26.6. The predicted molar refractivity (Wildman–Crippen MR) is 202 cm³/mol. The van der Waals surface area contributed by atoms with Crippen LogP contribution in [0.1, 0.15) is 0 Å². The van der Waals surface area contributed by atoms with Gasteiger partial charge in [-0.1, -0.05) is 164 Å². The largest absolute Gasteiger partial charge is 0.455 e. The van der Waals surface area contributed by atoms with Gasteiger partial charge in [0.25, 0.3) is 0 Å². The first-order chi connectivity index (χ1) is 24.3. The highest BCUT2D eigenvalue weighted by Crippen LogP contribution is 2.42. The fraction of sp³-hybridized carbons (Fsp3) is 0. The van der Waals surface area contributed by atoms with E-state index in [-0.39, 0.29) is 0 Å². The van der Waals surface area contributed by atoms with E-state index in [1.54, 1.807) is 0 Å². The Hall–Kier alpha value is -6.58. The lowest BCUT2D eigenvalue weighted by Crippen LogP contribution is -1.95. The van der Waals surface area contributed by atoms with Crippen LogP contribution in [0, 0.1) is 0 Å². The SMILES string of the molecule is c1ccc(-c2ccc(-c3ccc(-c4ccc(-c5cc(-c6ccccc6)nc(-c6ccccc6)n5)cc4)c4c3oc3ccccc34)cc2)cc1. The van der Waals surface area contributed by atoms with E-state index in [1.807, 2.05) is 54.6 Å². The van der Waals surface area contributed by atoms with Crippen LogP contribution in [-0.4, -0.2) is 9.97 Å². The van der Waals surface area contributed by atoms with Crippen molar-refractivity contribution in [3.8, 4) is 67.3 Å². The Morgan fingerprint density at radius 2 is 0.796 bits per heavy atom. The van der Waals surface area contributed by atoms with Crippen LogP contribution in [0.3, 0.4) is 0 Å². The summed E-state index contributed by atoms with van der Waals surface area (Å²) in [6.07, 6.45) is 0. The van der Waals surface area contributed by atoms with E-state index in [0.717, 1.165) is 72.3 Å². The van der Waals surface area contributed by atoms with E-state index in [9.17, 15) is 0 Å². The molecular formula is C46H30N2O. The van der Waals surface area contributed by atoms with Crippen LogP contribution in [0.4, 0.5) is 0 Å². The highest BCUT2D eigenvalue weighted by Gasteiger charge is 2.18. The zero-order chi connectivity index (χ0) is 32.6. The molecular weight excluding hydrogens is 597 g/mol. The summed E-state index contributed by atoms with van der Waals surface area (Å²) >= 11 is 0. The molecule has 0 aliphatic heterocycles. The number of fused-ring (bicyclic) bond motifs is 3. The lowest BCUT2D eigenvalue weighted by Gasteiger charge is -2.11. The summed E-state index contributed by atoms with van der Waals surface area (Å²) < 4.78 is 6.60. The number of hydrogen-bond acceptors (Lipinski definition) is 3. The molecule has 0 bridgehead atoms. The molecule has 0 radical (unpaired) electrons. The van der Waals surface area contributed by atoms with Crippen molar-refractivity contribution >= 4 is 21.9 Å². The van der Waals surface area contributed by atoms with E-state index in [0.29, 0.717) is 5.82 Å². The third-order valence-corrected chi connectivity index (χ3v) is 9.15. The first-order valence-electron chi connectivity index (χ1n) is 16.5. The van der Waals surface area contributed by atoms with Gasteiger partial charge in [-0.15, -0.1) is 0 Å². The maximum atomic E-state index is 6.60. The van der Waals surface area contributed by atoms with Crippen molar-refractivity contribution < 1.29 is 4.42 Å². The van der Waals surface area contributed by atoms with Gasteiger partial charge < -0.3 is 4.42 Å². The highest BCUT2D eigenvalue weighted by molar-refractivity contribution is 6.16. The summed E-state index contributed by atoms with van der Waals surface area (Å²) in [6.45, 7) is 0. The fourth-order valence-corrected chi connectivity index (χ4v) is 6.66. The molecule has 9 rings (SSSR count). The number of nitrogens with zero attached hydrogens (tertiary/aromatic N) is 2. The van der Waals surface area contributed by atoms with Gasteiger partial charge in [0.1, 0.15) is 11.2 Å². The lowest BCUT2D eigenvalue weighted by molar-refractivity contribution is 0.670. The normalized spacial score (nSPS) is 11.3. The van der Waals surface area contributed by atoms with Crippen molar-refractivity contribution in [2.75, 3.05) is 0 Å². The standard InChI is InChI=1S/C46H30N2O/c1-4-12-31(13-5-1)32-20-22-34(23-21-32)39-29-28-38(44-40-18-10-11-19-43(40)49-45(39)44)33-24-26-36(27-25-33)42-30-41(35-14-6-2-7-15-35)47-46(48-42)37-16-8-3-9-17-37/h1-30H. The van der Waals surface area contributed by atoms with Gasteiger partial charge in [0.2, 0.25) is 0 Å². The number of furan rings is 1. The average Bonchev–Trinajstić information content (AvgIpc) is 3.58. The molecule has 3 heteroatoms. The zero-order valence-corrected chi connectivity index (χ0v) is 26.6. The maximum Gasteiger partial charge on any atom is 0.160 e. The smallest absolute Gasteiger partial charge is 0.160 e. The highest BCUT2D eigenvalue weighted by atomic mass is 16.3. The number of hydrogen-bond donors (Lipinski definition) is 0. The van der Waals surface area contributed by atoms with Gasteiger partial charge in [0.05, 0.1) is 11.4 Å². The monoisotopic (exact) mass is 626 g/mol. The Kier molecular flexibility index (Phi) is 7.14. The molecule has 7 aromatic carbocycles. The minimum Gasteiger partial charge on any atom is -0.455 e. The van der Waals surface area contributed by atoms with Gasteiger partial charge in [0.15, 0.2) is 5.82 Å². The molecule has 0 amide bonds. The van der Waals surface area contributed by atoms with Crippen molar-refractivity contribution in [2.45, 2.75) is 0 Å². The van der Waals surface area contributed by atoms with Crippen LogP contribution in [0.2, 0.25) is 0 Å². The average molecular weight is 627 g/mol. The summed E-state index contributed by atoms with van der Waals surface area (Å²) in [5.41, 5.74) is 13.5. The minimum atomic E-state index is 0.708. The van der Waals surface area contributed by atoms with Gasteiger partial charge >= 0.3 is 0 Å². The van der Waals surface area contributed by atoms with E-state index in [4.69, 9.17) is 14.4 Å². The second-order valence-electron chi connectivity index (χ2n) is 12.2. The summed E-state index contributed by atoms with van der Waals surface area (Å²) in [5.74, 6) is 0.708. The maximum absolute atomic E-state index is 6.60. The van der Waals surface area contributed by atoms with Gasteiger partial charge in [0, 0.05) is 33.0 Å². The van der Waals surface area contributed by atoms with Crippen LogP contribution >= 0.6 is 0 Å². The van der Waals surface area contributed by atoms with Crippen LogP contribution in [-0.2, 0) is 0 Å². The number of aromatic nitrogens is 2.